The lowest BCUT2D eigenvalue weighted by atomic mass is 10.2. The normalized spacial score (nSPS) is 21.2. The third-order valence-corrected chi connectivity index (χ3v) is 11.3. The second-order valence-corrected chi connectivity index (χ2v) is 11.6. The maximum Gasteiger partial charge on any atom is 0.0867 e. The Labute approximate surface area is 90.1 Å². The number of rotatable bonds is 2. The average Bonchev–Trinajstić information content (AvgIpc) is 2.52. The van der Waals surface area contributed by atoms with Crippen molar-refractivity contribution in [3.63, 3.8) is 0 Å². The number of allylic oxidation sites excluding steroid dienone is 4. The van der Waals surface area contributed by atoms with E-state index in [-0.39, 0.29) is 0 Å². The van der Waals surface area contributed by atoms with Crippen LogP contribution in [0.1, 0.15) is 41.0 Å². The van der Waals surface area contributed by atoms with Crippen molar-refractivity contribution in [2.45, 2.75) is 58.2 Å². The maximum atomic E-state index is 2.55. The Morgan fingerprint density at radius 2 is 1.86 bits per heavy atom. The minimum Gasteiger partial charge on any atom is -0.0809 e. The van der Waals surface area contributed by atoms with Gasteiger partial charge in [0.2, 0.25) is 0 Å². The van der Waals surface area contributed by atoms with Crippen molar-refractivity contribution in [1.29, 1.82) is 0 Å². The van der Waals surface area contributed by atoms with E-state index in [1.54, 1.807) is 5.20 Å². The van der Waals surface area contributed by atoms with Crippen LogP contribution in [0.2, 0.25) is 17.1 Å². The van der Waals surface area contributed by atoms with Gasteiger partial charge in [-0.3, -0.25) is 0 Å². The van der Waals surface area contributed by atoms with E-state index in [9.17, 15) is 0 Å². The molecule has 0 radical (unpaired) electrons. The molecule has 0 aromatic heterocycles. The van der Waals surface area contributed by atoms with Crippen molar-refractivity contribution >= 4 is 8.07 Å². The molecule has 0 aliphatic heterocycles. The molecule has 0 aromatic carbocycles. The second kappa shape index (κ2) is 3.69. The molecule has 0 bridgehead atoms. The molecule has 14 heavy (non-hydrogen) atoms. The molecule has 0 aromatic rings. The van der Waals surface area contributed by atoms with Crippen molar-refractivity contribution in [2.24, 2.45) is 0 Å². The van der Waals surface area contributed by atoms with E-state index in [0.717, 1.165) is 5.54 Å². The molecule has 1 aliphatic carbocycles. The third-order valence-electron chi connectivity index (χ3n) is 4.15. The number of hydrogen-bond acceptors (Lipinski definition) is 0. The number of hydrogen-bond donors (Lipinski definition) is 0. The molecule has 0 amide bonds. The highest BCUT2D eigenvalue weighted by Crippen LogP contribution is 2.49. The van der Waals surface area contributed by atoms with Crippen molar-refractivity contribution in [3.8, 4) is 0 Å². The predicted molar refractivity (Wildman–Crippen MR) is 68.3 cm³/mol. The van der Waals surface area contributed by atoms with Gasteiger partial charge in [-0.05, 0) is 17.0 Å². The quantitative estimate of drug-likeness (QED) is 0.577. The highest BCUT2D eigenvalue weighted by molar-refractivity contribution is 6.89. The SMILES string of the molecule is CC(C)[Si](C)(C1=CC=CC1)C(C)(C)C. The van der Waals surface area contributed by atoms with E-state index in [4.69, 9.17) is 0 Å². The summed E-state index contributed by atoms with van der Waals surface area (Å²) in [7, 11) is -1.30. The predicted octanol–water partition coefficient (Wildman–Crippen LogP) is 4.70. The lowest BCUT2D eigenvalue weighted by Gasteiger charge is -2.45. The van der Waals surface area contributed by atoms with Gasteiger partial charge in [0.25, 0.3) is 0 Å². The minimum absolute atomic E-state index is 0.471. The molecule has 1 unspecified atom stereocenters. The Morgan fingerprint density at radius 3 is 2.14 bits per heavy atom. The Balaban J connectivity index is 3.06. The first-order valence-electron chi connectivity index (χ1n) is 5.66. The summed E-state index contributed by atoms with van der Waals surface area (Å²) < 4.78 is 0. The molecule has 1 aliphatic rings. The van der Waals surface area contributed by atoms with Gasteiger partial charge in [0.05, 0.1) is 8.07 Å². The van der Waals surface area contributed by atoms with Crippen LogP contribution in [0.15, 0.2) is 23.4 Å². The summed E-state index contributed by atoms with van der Waals surface area (Å²) in [4.78, 5) is 0. The first kappa shape index (κ1) is 11.8. The lowest BCUT2D eigenvalue weighted by molar-refractivity contribution is 0.695. The third kappa shape index (κ3) is 1.74. The van der Waals surface area contributed by atoms with Gasteiger partial charge in [-0.1, -0.05) is 64.6 Å². The minimum atomic E-state index is -1.30. The molecule has 0 fully saturated rings. The van der Waals surface area contributed by atoms with E-state index < -0.39 is 8.07 Å². The van der Waals surface area contributed by atoms with E-state index >= 15 is 0 Å². The van der Waals surface area contributed by atoms with Gasteiger partial charge >= 0.3 is 0 Å². The standard InChI is InChI=1S/C13H24Si/c1-11(2)14(6,13(3,4)5)12-9-7-8-10-12/h7-9,11H,10H2,1-6H3. The Morgan fingerprint density at radius 1 is 1.29 bits per heavy atom. The molecule has 0 saturated heterocycles. The highest BCUT2D eigenvalue weighted by atomic mass is 28.3. The lowest BCUT2D eigenvalue weighted by Crippen LogP contribution is -2.45. The molecular weight excluding hydrogens is 184 g/mol. The van der Waals surface area contributed by atoms with Crippen molar-refractivity contribution < 1.29 is 0 Å². The zero-order chi connectivity index (χ0) is 11.0. The van der Waals surface area contributed by atoms with Crippen LogP contribution in [-0.4, -0.2) is 8.07 Å². The van der Waals surface area contributed by atoms with Crippen LogP contribution in [0.4, 0.5) is 0 Å². The molecule has 0 saturated carbocycles. The summed E-state index contributed by atoms with van der Waals surface area (Å²) >= 11 is 0. The molecule has 1 rings (SSSR count). The van der Waals surface area contributed by atoms with Gasteiger partial charge in [-0.25, -0.2) is 0 Å². The zero-order valence-electron chi connectivity index (χ0n) is 10.5. The maximum absolute atomic E-state index is 2.55. The van der Waals surface area contributed by atoms with Crippen LogP contribution in [-0.2, 0) is 0 Å². The summed E-state index contributed by atoms with van der Waals surface area (Å²) in [5, 5.41) is 2.21. The Hall–Kier alpha value is -0.303. The van der Waals surface area contributed by atoms with Gasteiger partial charge in [-0.15, -0.1) is 0 Å². The molecule has 0 N–H and O–H groups in total. The van der Waals surface area contributed by atoms with Crippen molar-refractivity contribution in [2.75, 3.05) is 0 Å². The van der Waals surface area contributed by atoms with Crippen LogP contribution >= 0.6 is 0 Å². The first-order valence-corrected chi connectivity index (χ1v) is 8.24. The van der Waals surface area contributed by atoms with Crippen molar-refractivity contribution in [1.82, 2.24) is 0 Å². The van der Waals surface area contributed by atoms with E-state index in [1.807, 2.05) is 0 Å². The first-order chi connectivity index (χ1) is 6.30. The van der Waals surface area contributed by atoms with E-state index in [2.05, 4.69) is 59.4 Å². The summed E-state index contributed by atoms with van der Waals surface area (Å²) in [6.07, 6.45) is 8.11. The fraction of sp³-hybridized carbons (Fsp3) is 0.692. The molecular formula is C13H24Si. The second-order valence-electron chi connectivity index (χ2n) is 5.93. The summed E-state index contributed by atoms with van der Waals surface area (Å²) in [5.41, 5.74) is 0.827. The topological polar surface area (TPSA) is 0 Å². The summed E-state index contributed by atoms with van der Waals surface area (Å²) in [5.74, 6) is 0. The highest BCUT2D eigenvalue weighted by Gasteiger charge is 2.45. The van der Waals surface area contributed by atoms with E-state index in [1.165, 1.54) is 6.42 Å². The largest absolute Gasteiger partial charge is 0.0867 e. The Kier molecular flexibility index (Phi) is 3.10. The van der Waals surface area contributed by atoms with Gasteiger partial charge in [0.15, 0.2) is 0 Å². The summed E-state index contributed by atoms with van der Waals surface area (Å²) in [6.45, 7) is 14.6. The molecule has 0 nitrogen and oxygen atoms in total. The van der Waals surface area contributed by atoms with Gasteiger partial charge < -0.3 is 0 Å². The van der Waals surface area contributed by atoms with Crippen molar-refractivity contribution in [3.05, 3.63) is 23.4 Å². The van der Waals surface area contributed by atoms with Gasteiger partial charge in [-0.2, -0.15) is 0 Å². The Bertz CT molecular complexity index is 265. The van der Waals surface area contributed by atoms with Crippen LogP contribution < -0.4 is 0 Å². The molecule has 80 valence electrons. The monoisotopic (exact) mass is 208 g/mol. The van der Waals surface area contributed by atoms with Crippen LogP contribution in [0.5, 0.6) is 0 Å². The fourth-order valence-electron chi connectivity index (χ4n) is 2.55. The molecule has 1 atom stereocenters. The van der Waals surface area contributed by atoms with Crippen LogP contribution in [0, 0.1) is 0 Å². The summed E-state index contributed by atoms with van der Waals surface area (Å²) in [6, 6.07) is 0. The molecule has 0 spiro atoms. The van der Waals surface area contributed by atoms with E-state index in [0.29, 0.717) is 5.04 Å². The van der Waals surface area contributed by atoms with Crippen LogP contribution in [0.25, 0.3) is 0 Å². The molecule has 1 heteroatoms. The fourth-order valence-corrected chi connectivity index (χ4v) is 6.97. The average molecular weight is 208 g/mol. The van der Waals surface area contributed by atoms with Crippen LogP contribution in [0.3, 0.4) is 0 Å². The zero-order valence-corrected chi connectivity index (χ0v) is 11.5. The smallest absolute Gasteiger partial charge is 0.0809 e. The van der Waals surface area contributed by atoms with Gasteiger partial charge in [0, 0.05) is 0 Å². The van der Waals surface area contributed by atoms with Gasteiger partial charge in [0.1, 0.15) is 0 Å². The molecule has 0 heterocycles.